The van der Waals surface area contributed by atoms with E-state index in [-0.39, 0.29) is 5.91 Å². The Morgan fingerprint density at radius 3 is 3.05 bits per heavy atom. The fraction of sp³-hybridized carbons (Fsp3) is 0.714. The third kappa shape index (κ3) is 4.75. The predicted molar refractivity (Wildman–Crippen MR) is 84.1 cm³/mol. The minimum absolute atomic E-state index is 0.180. The second-order valence-corrected chi connectivity index (χ2v) is 7.63. The van der Waals surface area contributed by atoms with Crippen molar-refractivity contribution < 1.29 is 9.90 Å². The summed E-state index contributed by atoms with van der Waals surface area (Å²) in [6, 6.07) is 0. The summed E-state index contributed by atoms with van der Waals surface area (Å²) in [6.45, 7) is 5.29. The fourth-order valence-corrected chi connectivity index (χ4v) is 3.86. The molecule has 1 saturated heterocycles. The van der Waals surface area contributed by atoms with Gasteiger partial charge in [0.1, 0.15) is 0 Å². The maximum atomic E-state index is 12.2. The van der Waals surface area contributed by atoms with E-state index in [1.54, 1.807) is 23.1 Å². The third-order valence-corrected chi connectivity index (χ3v) is 5.33. The van der Waals surface area contributed by atoms with Crippen molar-refractivity contribution in [3.63, 3.8) is 0 Å². The number of carbonyl (C=O) groups excluding carboxylic acids is 1. The van der Waals surface area contributed by atoms with Crippen molar-refractivity contribution in [2.45, 2.75) is 44.5 Å². The Morgan fingerprint density at radius 2 is 2.35 bits per heavy atom. The van der Waals surface area contributed by atoms with Gasteiger partial charge in [0.05, 0.1) is 22.1 Å². The third-order valence-electron chi connectivity index (χ3n) is 3.56. The largest absolute Gasteiger partial charge is 0.390 e. The van der Waals surface area contributed by atoms with Crippen LogP contribution in [0.5, 0.6) is 0 Å². The summed E-state index contributed by atoms with van der Waals surface area (Å²) in [5, 5.41) is 13.2. The van der Waals surface area contributed by atoms with Gasteiger partial charge in [-0.15, -0.1) is 23.1 Å². The van der Waals surface area contributed by atoms with Gasteiger partial charge in [-0.25, -0.2) is 4.98 Å². The number of aromatic nitrogens is 1. The maximum absolute atomic E-state index is 12.2. The lowest BCUT2D eigenvalue weighted by Crippen LogP contribution is -2.34. The number of carbonyl (C=O) groups is 1. The van der Waals surface area contributed by atoms with Gasteiger partial charge in [-0.2, -0.15) is 0 Å². The van der Waals surface area contributed by atoms with E-state index >= 15 is 0 Å². The monoisotopic (exact) mass is 314 g/mol. The SMILES string of the molecule is Cc1nc(CSCC(=O)N2CCCC(C)(O)CC2)cs1. The molecule has 1 aliphatic heterocycles. The van der Waals surface area contributed by atoms with Gasteiger partial charge in [-0.3, -0.25) is 4.79 Å². The summed E-state index contributed by atoms with van der Waals surface area (Å²) in [4.78, 5) is 18.4. The molecule has 6 heteroatoms. The summed E-state index contributed by atoms with van der Waals surface area (Å²) in [5.74, 6) is 1.47. The lowest BCUT2D eigenvalue weighted by Gasteiger charge is -2.22. The first-order valence-corrected chi connectivity index (χ1v) is 8.99. The Kier molecular flexibility index (Phi) is 5.46. The average molecular weight is 314 g/mol. The zero-order chi connectivity index (χ0) is 14.6. The number of hydrogen-bond acceptors (Lipinski definition) is 5. The molecule has 4 nitrogen and oxygen atoms in total. The molecule has 20 heavy (non-hydrogen) atoms. The number of hydrogen-bond donors (Lipinski definition) is 1. The molecule has 1 N–H and O–H groups in total. The number of thiazole rings is 1. The van der Waals surface area contributed by atoms with Gasteiger partial charge in [0.2, 0.25) is 5.91 Å². The highest BCUT2D eigenvalue weighted by Crippen LogP contribution is 2.22. The molecule has 1 aliphatic rings. The van der Waals surface area contributed by atoms with Crippen LogP contribution in [0.4, 0.5) is 0 Å². The van der Waals surface area contributed by atoms with Crippen LogP contribution in [0.2, 0.25) is 0 Å². The maximum Gasteiger partial charge on any atom is 0.232 e. The average Bonchev–Trinajstić information content (AvgIpc) is 2.69. The summed E-state index contributed by atoms with van der Waals surface area (Å²) >= 11 is 3.26. The highest BCUT2D eigenvalue weighted by atomic mass is 32.2. The molecule has 0 aromatic carbocycles. The molecule has 0 spiro atoms. The minimum Gasteiger partial charge on any atom is -0.390 e. The van der Waals surface area contributed by atoms with Crippen molar-refractivity contribution in [3.8, 4) is 0 Å². The van der Waals surface area contributed by atoms with E-state index < -0.39 is 5.60 Å². The van der Waals surface area contributed by atoms with Crippen LogP contribution in [0.25, 0.3) is 0 Å². The van der Waals surface area contributed by atoms with Gasteiger partial charge in [0.15, 0.2) is 0 Å². The molecular formula is C14H22N2O2S2. The van der Waals surface area contributed by atoms with Crippen molar-refractivity contribution in [1.29, 1.82) is 0 Å². The highest BCUT2D eigenvalue weighted by molar-refractivity contribution is 7.99. The molecule has 1 fully saturated rings. The fourth-order valence-electron chi connectivity index (χ4n) is 2.32. The predicted octanol–water partition coefficient (Wildman–Crippen LogP) is 2.45. The summed E-state index contributed by atoms with van der Waals surface area (Å²) < 4.78 is 0. The van der Waals surface area contributed by atoms with Crippen LogP contribution in [0.15, 0.2) is 5.38 Å². The van der Waals surface area contributed by atoms with Crippen molar-refractivity contribution in [1.82, 2.24) is 9.88 Å². The molecule has 1 aromatic rings. The Hall–Kier alpha value is -0.590. The van der Waals surface area contributed by atoms with Crippen LogP contribution in [-0.4, -0.2) is 45.3 Å². The molecule has 2 heterocycles. The molecule has 1 unspecified atom stereocenters. The molecule has 112 valence electrons. The van der Waals surface area contributed by atoms with E-state index in [2.05, 4.69) is 10.4 Å². The quantitative estimate of drug-likeness (QED) is 0.927. The van der Waals surface area contributed by atoms with Crippen LogP contribution in [-0.2, 0) is 10.5 Å². The zero-order valence-electron chi connectivity index (χ0n) is 12.1. The Bertz CT molecular complexity index is 460. The van der Waals surface area contributed by atoms with E-state index in [4.69, 9.17) is 0 Å². The number of rotatable bonds is 4. The Labute approximate surface area is 128 Å². The van der Waals surface area contributed by atoms with Crippen LogP contribution in [0.1, 0.15) is 36.9 Å². The molecular weight excluding hydrogens is 292 g/mol. The van der Waals surface area contributed by atoms with Crippen LogP contribution in [0, 0.1) is 6.92 Å². The number of amides is 1. The lowest BCUT2D eigenvalue weighted by molar-refractivity contribution is -0.128. The van der Waals surface area contributed by atoms with E-state index in [9.17, 15) is 9.90 Å². The lowest BCUT2D eigenvalue weighted by atomic mass is 9.98. The van der Waals surface area contributed by atoms with Crippen molar-refractivity contribution >= 4 is 29.0 Å². The van der Waals surface area contributed by atoms with Gasteiger partial charge >= 0.3 is 0 Å². The second-order valence-electron chi connectivity index (χ2n) is 5.58. The molecule has 1 atom stereocenters. The number of thioether (sulfide) groups is 1. The minimum atomic E-state index is -0.611. The second kappa shape index (κ2) is 6.91. The van der Waals surface area contributed by atoms with Crippen LogP contribution in [0.3, 0.4) is 0 Å². The van der Waals surface area contributed by atoms with Crippen molar-refractivity contribution in [2.24, 2.45) is 0 Å². The first kappa shape index (κ1) is 15.8. The number of aliphatic hydroxyl groups is 1. The smallest absolute Gasteiger partial charge is 0.232 e. The zero-order valence-corrected chi connectivity index (χ0v) is 13.7. The number of nitrogens with zero attached hydrogens (tertiary/aromatic N) is 2. The standard InChI is InChI=1S/C14H22N2O2S2/c1-11-15-12(9-20-11)8-19-10-13(17)16-6-3-4-14(2,18)5-7-16/h9,18H,3-8,10H2,1-2H3. The van der Waals surface area contributed by atoms with E-state index in [0.717, 1.165) is 35.8 Å². The summed E-state index contributed by atoms with van der Waals surface area (Å²) in [7, 11) is 0. The van der Waals surface area contributed by atoms with E-state index in [0.29, 0.717) is 18.7 Å². The van der Waals surface area contributed by atoms with Gasteiger partial charge in [0, 0.05) is 24.2 Å². The first-order chi connectivity index (χ1) is 9.46. The Morgan fingerprint density at radius 1 is 1.55 bits per heavy atom. The van der Waals surface area contributed by atoms with Crippen LogP contribution < -0.4 is 0 Å². The van der Waals surface area contributed by atoms with Gasteiger partial charge in [-0.1, -0.05) is 0 Å². The summed E-state index contributed by atoms with van der Waals surface area (Å²) in [5.41, 5.74) is 0.449. The van der Waals surface area contributed by atoms with Gasteiger partial charge in [-0.05, 0) is 33.1 Å². The topological polar surface area (TPSA) is 53.4 Å². The normalized spacial score (nSPS) is 23.6. The molecule has 1 amide bonds. The highest BCUT2D eigenvalue weighted by Gasteiger charge is 2.26. The number of aryl methyl sites for hydroxylation is 1. The van der Waals surface area contributed by atoms with Crippen LogP contribution >= 0.6 is 23.1 Å². The molecule has 2 rings (SSSR count). The number of likely N-dealkylation sites (tertiary alicyclic amines) is 1. The first-order valence-electron chi connectivity index (χ1n) is 6.95. The molecule has 1 aromatic heterocycles. The van der Waals surface area contributed by atoms with Gasteiger partial charge in [0.25, 0.3) is 0 Å². The van der Waals surface area contributed by atoms with E-state index in [1.165, 1.54) is 0 Å². The van der Waals surface area contributed by atoms with Crippen molar-refractivity contribution in [2.75, 3.05) is 18.8 Å². The molecule has 0 saturated carbocycles. The molecule has 0 aliphatic carbocycles. The van der Waals surface area contributed by atoms with Gasteiger partial charge < -0.3 is 10.0 Å². The van der Waals surface area contributed by atoms with E-state index in [1.807, 2.05) is 18.7 Å². The molecule has 0 bridgehead atoms. The van der Waals surface area contributed by atoms with Crippen molar-refractivity contribution in [3.05, 3.63) is 16.1 Å². The molecule has 0 radical (unpaired) electrons. The Balaban J connectivity index is 1.74. The summed E-state index contributed by atoms with van der Waals surface area (Å²) in [6.07, 6.45) is 2.34.